The van der Waals surface area contributed by atoms with E-state index in [0.717, 1.165) is 69.5 Å². The Morgan fingerprint density at radius 2 is 1.54 bits per heavy atom. The average Bonchev–Trinajstić information content (AvgIpc) is 3.78. The Hall–Kier alpha value is -2.14. The quantitative estimate of drug-likeness (QED) is 0.223. The summed E-state index contributed by atoms with van der Waals surface area (Å²) in [6.45, 7) is 11.7. The number of ether oxygens (including phenoxy) is 1. The number of ketones is 2. The second-order valence-corrected chi connectivity index (χ2v) is 19.8. The third kappa shape index (κ3) is 5.15. The number of carbonyl (C=O) groups is 2. The first kappa shape index (κ1) is 34.9. The van der Waals surface area contributed by atoms with Crippen LogP contribution in [0.5, 0.6) is 0 Å². The van der Waals surface area contributed by atoms with Crippen LogP contribution >= 0.6 is 0 Å². The zero-order chi connectivity index (χ0) is 35.3. The van der Waals surface area contributed by atoms with Crippen LogP contribution in [0.2, 0.25) is 0 Å². The number of aliphatic hydroxyl groups excluding tert-OH is 1. The van der Waals surface area contributed by atoms with Crippen LogP contribution in [0.4, 0.5) is 0 Å². The van der Waals surface area contributed by atoms with Crippen LogP contribution in [-0.2, 0) is 14.3 Å². The summed E-state index contributed by atoms with van der Waals surface area (Å²) in [5, 5.41) is 20.5. The topological polar surface area (TPSA) is 83.8 Å². The van der Waals surface area contributed by atoms with Gasteiger partial charge >= 0.3 is 0 Å². The van der Waals surface area contributed by atoms with Gasteiger partial charge in [-0.1, -0.05) is 39.3 Å². The predicted molar refractivity (Wildman–Crippen MR) is 197 cm³/mol. The highest BCUT2D eigenvalue weighted by molar-refractivity contribution is 6.01. The summed E-state index contributed by atoms with van der Waals surface area (Å²) in [5.74, 6) is 6.29. The molecule has 9 rings (SSSR count). The molecule has 0 bridgehead atoms. The van der Waals surface area contributed by atoms with Gasteiger partial charge in [-0.05, 0) is 174 Å². The Morgan fingerprint density at radius 1 is 0.800 bits per heavy atom. The molecule has 0 aromatic heterocycles. The summed E-state index contributed by atoms with van der Waals surface area (Å²) in [6, 6.07) is 0. The number of hydrogen-bond acceptors (Lipinski definition) is 5. The SMILES string of the molecule is C[C@]12C/C(=C/O)C(=O)C[C@@H]1CC[C@@H]1[C@@H]2CC[C@@]2(C)[C@H]1CC[C@]2(C)O.C[C@]12CC[C@H]3[C@@H](CCC4=CC(=O)C=C[C@@]43C)[C@@H]1CC[C@@H]2OC1=CCCC1. The van der Waals surface area contributed by atoms with Crippen LogP contribution in [-0.4, -0.2) is 33.5 Å². The smallest absolute Gasteiger partial charge is 0.178 e. The normalized spacial score (nSPS) is 51.2. The second-order valence-electron chi connectivity index (χ2n) is 19.8. The van der Waals surface area contributed by atoms with Crippen molar-refractivity contribution in [2.75, 3.05) is 0 Å². The molecule has 2 N–H and O–H groups in total. The average molecular weight is 685 g/mol. The van der Waals surface area contributed by atoms with Crippen molar-refractivity contribution in [1.29, 1.82) is 0 Å². The number of fused-ring (bicyclic) bond motifs is 10. The Balaban J connectivity index is 0.000000145. The van der Waals surface area contributed by atoms with Gasteiger partial charge in [0, 0.05) is 29.2 Å². The third-order valence-corrected chi connectivity index (χ3v) is 17.9. The number of aliphatic hydroxyl groups is 2. The van der Waals surface area contributed by atoms with Gasteiger partial charge in [-0.15, -0.1) is 0 Å². The van der Waals surface area contributed by atoms with Crippen LogP contribution in [0.15, 0.2) is 47.5 Å². The van der Waals surface area contributed by atoms with Gasteiger partial charge in [0.05, 0.1) is 17.6 Å². The lowest BCUT2D eigenvalue weighted by atomic mass is 9.44. The molecular formula is C45H64O5. The van der Waals surface area contributed by atoms with Crippen molar-refractivity contribution >= 4 is 11.6 Å². The predicted octanol–water partition coefficient (Wildman–Crippen LogP) is 10.1. The Bertz CT molecular complexity index is 1530. The molecule has 0 spiro atoms. The lowest BCUT2D eigenvalue weighted by Gasteiger charge is -2.61. The number of carbonyl (C=O) groups excluding carboxylic acids is 2. The highest BCUT2D eigenvalue weighted by atomic mass is 16.5. The maximum atomic E-state index is 12.2. The molecule has 50 heavy (non-hydrogen) atoms. The first-order valence-electron chi connectivity index (χ1n) is 20.6. The summed E-state index contributed by atoms with van der Waals surface area (Å²) in [7, 11) is 0. The van der Waals surface area contributed by atoms with E-state index in [1.807, 2.05) is 19.1 Å². The van der Waals surface area contributed by atoms with Crippen LogP contribution in [0.3, 0.4) is 0 Å². The van der Waals surface area contributed by atoms with Gasteiger partial charge in [0.2, 0.25) is 0 Å². The molecule has 274 valence electrons. The van der Waals surface area contributed by atoms with Crippen LogP contribution in [0, 0.1) is 63.1 Å². The van der Waals surface area contributed by atoms with Gasteiger partial charge < -0.3 is 14.9 Å². The van der Waals surface area contributed by atoms with Crippen molar-refractivity contribution < 1.29 is 24.5 Å². The summed E-state index contributed by atoms with van der Waals surface area (Å²) in [4.78, 5) is 24.1. The fraction of sp³-hybridized carbons (Fsp3) is 0.778. The third-order valence-electron chi connectivity index (χ3n) is 17.9. The summed E-state index contributed by atoms with van der Waals surface area (Å²) in [5.41, 5.74) is 2.16. The van der Waals surface area contributed by atoms with Crippen molar-refractivity contribution in [3.63, 3.8) is 0 Å². The van der Waals surface area contributed by atoms with E-state index < -0.39 is 5.60 Å². The fourth-order valence-electron chi connectivity index (χ4n) is 14.6. The minimum atomic E-state index is -0.529. The maximum Gasteiger partial charge on any atom is 0.178 e. The summed E-state index contributed by atoms with van der Waals surface area (Å²) >= 11 is 0. The molecule has 9 aliphatic rings. The molecule has 0 saturated heterocycles. The summed E-state index contributed by atoms with van der Waals surface area (Å²) in [6.07, 6.45) is 29.0. The Labute approximate surface area is 301 Å². The Morgan fingerprint density at radius 3 is 2.30 bits per heavy atom. The van der Waals surface area contributed by atoms with E-state index in [-0.39, 0.29) is 27.8 Å². The lowest BCUT2D eigenvalue weighted by molar-refractivity contribution is -0.147. The van der Waals surface area contributed by atoms with Gasteiger partial charge in [0.15, 0.2) is 11.6 Å². The first-order chi connectivity index (χ1) is 23.7. The van der Waals surface area contributed by atoms with Gasteiger partial charge in [0.1, 0.15) is 6.10 Å². The zero-order valence-corrected chi connectivity index (χ0v) is 31.6. The molecule has 0 aromatic carbocycles. The molecule has 9 aliphatic carbocycles. The van der Waals surface area contributed by atoms with Crippen molar-refractivity contribution in [1.82, 2.24) is 0 Å². The minimum absolute atomic E-state index is 0.0531. The van der Waals surface area contributed by atoms with Crippen molar-refractivity contribution in [3.8, 4) is 0 Å². The molecule has 0 radical (unpaired) electrons. The lowest BCUT2D eigenvalue weighted by Crippen LogP contribution is -2.56. The van der Waals surface area contributed by atoms with Gasteiger partial charge in [-0.3, -0.25) is 9.59 Å². The van der Waals surface area contributed by atoms with Gasteiger partial charge in [0.25, 0.3) is 0 Å². The molecule has 0 heterocycles. The van der Waals surface area contributed by atoms with Crippen molar-refractivity contribution in [2.24, 2.45) is 63.1 Å². The second kappa shape index (κ2) is 12.2. The molecule has 7 saturated carbocycles. The largest absolute Gasteiger partial charge is 0.515 e. The van der Waals surface area contributed by atoms with E-state index in [9.17, 15) is 19.8 Å². The first-order valence-corrected chi connectivity index (χ1v) is 20.6. The molecule has 0 aromatic rings. The molecule has 0 amide bonds. The minimum Gasteiger partial charge on any atom is -0.515 e. The number of allylic oxidation sites excluding steroid dienone is 7. The van der Waals surface area contributed by atoms with E-state index in [0.29, 0.717) is 53.1 Å². The van der Waals surface area contributed by atoms with Gasteiger partial charge in [-0.25, -0.2) is 0 Å². The standard InChI is InChI=1S/C24H32O2.C21H32O3/c1-23-13-11-17(25)15-16(23)7-8-19-20-9-10-22(26-18-5-3-4-6-18)24(20,2)14-12-21(19)23;1-19-11-13(12-22)18(23)10-14(19)4-5-15-16(19)6-8-20(2)17(15)7-9-21(20,3)24/h5,11,13,15,19-22H,3-4,6-10,12,14H2,1-2H3;12,14-17,22,24H,4-11H2,1-3H3/b;13-12-/t19-,20-,21-,22-,23-,24-;14-,15+,16-,17-,19-,20-,21-/m00/s1. The van der Waals surface area contributed by atoms with E-state index in [1.165, 1.54) is 62.7 Å². The van der Waals surface area contributed by atoms with Crippen molar-refractivity contribution in [3.05, 3.63) is 47.5 Å². The highest BCUT2D eigenvalue weighted by Gasteiger charge is 2.64. The molecule has 13 atom stereocenters. The van der Waals surface area contributed by atoms with Crippen LogP contribution in [0.1, 0.15) is 144 Å². The van der Waals surface area contributed by atoms with E-state index >= 15 is 0 Å². The number of hydrogen-bond donors (Lipinski definition) is 2. The molecule has 0 unspecified atom stereocenters. The van der Waals surface area contributed by atoms with Crippen molar-refractivity contribution in [2.45, 2.75) is 155 Å². The number of rotatable bonds is 2. The van der Waals surface area contributed by atoms with Gasteiger partial charge in [-0.2, -0.15) is 0 Å². The molecule has 7 fully saturated rings. The molecule has 5 nitrogen and oxygen atoms in total. The van der Waals surface area contributed by atoms with E-state index in [4.69, 9.17) is 4.74 Å². The Kier molecular flexibility index (Phi) is 8.52. The monoisotopic (exact) mass is 684 g/mol. The van der Waals surface area contributed by atoms with Crippen LogP contribution < -0.4 is 0 Å². The molecule has 0 aliphatic heterocycles. The number of Topliss-reactive ketones (excluding diaryl/α,β-unsaturated/α-hetero) is 1. The molecular weight excluding hydrogens is 620 g/mol. The molecule has 5 heteroatoms. The zero-order valence-electron chi connectivity index (χ0n) is 31.6. The summed E-state index contributed by atoms with van der Waals surface area (Å²) < 4.78 is 6.56. The van der Waals surface area contributed by atoms with Crippen LogP contribution in [0.25, 0.3) is 0 Å². The maximum absolute atomic E-state index is 12.2. The highest BCUT2D eigenvalue weighted by Crippen LogP contribution is 2.69. The fourth-order valence-corrected chi connectivity index (χ4v) is 14.6. The van der Waals surface area contributed by atoms with E-state index in [1.54, 1.807) is 0 Å². The van der Waals surface area contributed by atoms with E-state index in [2.05, 4.69) is 39.8 Å².